The van der Waals surface area contributed by atoms with Gasteiger partial charge in [-0.25, -0.2) is 20.4 Å². The van der Waals surface area contributed by atoms with Crippen LogP contribution in [0.5, 0.6) is 0 Å². The van der Waals surface area contributed by atoms with Gasteiger partial charge in [-0.15, -0.1) is 0 Å². The van der Waals surface area contributed by atoms with Crippen molar-refractivity contribution in [3.63, 3.8) is 0 Å². The quantitative estimate of drug-likeness (QED) is 0.243. The predicted molar refractivity (Wildman–Crippen MR) is 94.7 cm³/mol. The molecule has 174 valence electrons. The third-order valence-electron chi connectivity index (χ3n) is 3.66. The van der Waals surface area contributed by atoms with Gasteiger partial charge in [0.1, 0.15) is 25.3 Å². The Balaban J connectivity index is 2.04. The number of imidazole rings is 1. The average molecular weight is 477 g/mol. The van der Waals surface area contributed by atoms with Crippen molar-refractivity contribution in [1.29, 1.82) is 0 Å². The van der Waals surface area contributed by atoms with E-state index < -0.39 is 44.1 Å². The molecule has 0 aromatic carbocycles. The summed E-state index contributed by atoms with van der Waals surface area (Å²) in [6.07, 6.45) is -13.1. The molecule has 2 aromatic rings. The van der Waals surface area contributed by atoms with Crippen LogP contribution in [-0.4, -0.2) is 69.7 Å². The lowest BCUT2D eigenvalue weighted by molar-refractivity contribution is -0.113. The Bertz CT molecular complexity index is 928. The summed E-state index contributed by atoms with van der Waals surface area (Å²) in [6.45, 7) is 1.40. The number of hydroxylamine groups is 1. The van der Waals surface area contributed by atoms with E-state index in [9.17, 15) is 35.7 Å². The van der Waals surface area contributed by atoms with Gasteiger partial charge in [0.05, 0.1) is 31.9 Å². The number of carbonyl (C=O) groups is 1. The minimum atomic E-state index is -5.03. The SMILES string of the molecule is CCONC(=O)c1ncnc2c1ncn2CCOCP(=O)(CC(F)(F)F)CC(F)(F)F. The highest BCUT2D eigenvalue weighted by Gasteiger charge is 2.46. The van der Waals surface area contributed by atoms with E-state index in [0.29, 0.717) is 0 Å². The smallest absolute Gasteiger partial charge is 0.372 e. The van der Waals surface area contributed by atoms with Gasteiger partial charge in [-0.05, 0) is 6.92 Å². The van der Waals surface area contributed by atoms with Gasteiger partial charge in [-0.1, -0.05) is 0 Å². The summed E-state index contributed by atoms with van der Waals surface area (Å²) in [7, 11) is -4.74. The van der Waals surface area contributed by atoms with Gasteiger partial charge in [-0.2, -0.15) is 26.3 Å². The minimum absolute atomic E-state index is 0.0852. The second-order valence-electron chi connectivity index (χ2n) is 6.34. The van der Waals surface area contributed by atoms with E-state index in [1.54, 1.807) is 6.92 Å². The predicted octanol–water partition coefficient (Wildman–Crippen LogP) is 2.97. The molecule has 0 radical (unpaired) electrons. The van der Waals surface area contributed by atoms with Crippen molar-refractivity contribution in [2.24, 2.45) is 0 Å². The number of nitrogens with zero attached hydrogens (tertiary/aromatic N) is 4. The van der Waals surface area contributed by atoms with Crippen molar-refractivity contribution in [2.45, 2.75) is 25.8 Å². The number of nitrogens with one attached hydrogen (secondary N) is 1. The molecule has 0 saturated heterocycles. The monoisotopic (exact) mass is 477 g/mol. The van der Waals surface area contributed by atoms with Crippen LogP contribution in [0, 0.1) is 0 Å². The molecule has 2 rings (SSSR count). The molecule has 0 aliphatic rings. The first-order chi connectivity index (χ1) is 14.3. The maximum atomic E-state index is 12.6. The number of aromatic nitrogens is 4. The first-order valence-electron chi connectivity index (χ1n) is 8.70. The molecule has 31 heavy (non-hydrogen) atoms. The van der Waals surface area contributed by atoms with Crippen molar-refractivity contribution in [3.8, 4) is 0 Å². The van der Waals surface area contributed by atoms with E-state index in [4.69, 9.17) is 9.57 Å². The van der Waals surface area contributed by atoms with E-state index in [1.165, 1.54) is 10.9 Å². The number of ether oxygens (including phenoxy) is 1. The normalized spacial score (nSPS) is 13.0. The van der Waals surface area contributed by atoms with E-state index in [0.717, 1.165) is 6.33 Å². The van der Waals surface area contributed by atoms with Crippen LogP contribution in [-0.2, 0) is 20.7 Å². The van der Waals surface area contributed by atoms with Crippen molar-refractivity contribution < 1.29 is 45.3 Å². The van der Waals surface area contributed by atoms with Gasteiger partial charge in [0.25, 0.3) is 5.91 Å². The summed E-state index contributed by atoms with van der Waals surface area (Å²) in [5.41, 5.74) is 2.31. The molecule has 0 fully saturated rings. The molecule has 1 amide bonds. The number of carbonyl (C=O) groups excluding carboxylic acids is 1. The molecule has 0 aliphatic heterocycles. The molecule has 1 N–H and O–H groups in total. The van der Waals surface area contributed by atoms with Crippen LogP contribution >= 0.6 is 7.14 Å². The largest absolute Gasteiger partial charge is 0.395 e. The van der Waals surface area contributed by atoms with Crippen LogP contribution in [0.3, 0.4) is 0 Å². The number of halogens is 6. The highest BCUT2D eigenvalue weighted by Crippen LogP contribution is 2.53. The second-order valence-corrected chi connectivity index (χ2v) is 9.35. The molecule has 0 aliphatic carbocycles. The fraction of sp³-hybridized carbons (Fsp3) is 0.600. The van der Waals surface area contributed by atoms with Crippen molar-refractivity contribution in [3.05, 3.63) is 18.3 Å². The van der Waals surface area contributed by atoms with Crippen molar-refractivity contribution >= 4 is 24.2 Å². The lowest BCUT2D eigenvalue weighted by Gasteiger charge is -2.21. The lowest BCUT2D eigenvalue weighted by atomic mass is 10.3. The Hall–Kier alpha value is -2.25. The molecular weight excluding hydrogens is 459 g/mol. The molecule has 0 spiro atoms. The van der Waals surface area contributed by atoms with Crippen LogP contribution in [0.15, 0.2) is 12.7 Å². The van der Waals surface area contributed by atoms with Gasteiger partial charge in [0.2, 0.25) is 0 Å². The molecular formula is C15H18F6N5O4P. The molecule has 0 saturated carbocycles. The Labute approximate surface area is 171 Å². The molecule has 2 aromatic heterocycles. The van der Waals surface area contributed by atoms with E-state index in [1.807, 2.05) is 0 Å². The molecule has 0 unspecified atom stereocenters. The third kappa shape index (κ3) is 7.74. The van der Waals surface area contributed by atoms with E-state index in [2.05, 4.69) is 20.4 Å². The number of hydrogen-bond acceptors (Lipinski definition) is 7. The zero-order valence-corrected chi connectivity index (χ0v) is 16.9. The molecule has 2 heterocycles. The summed E-state index contributed by atoms with van der Waals surface area (Å²) < 4.78 is 93.7. The standard InChI is InChI=1S/C15H18F6N5O4P/c1-2-30-25-13(27)11-10-12(23-7-22-11)26(8-24-10)3-4-29-9-31(28,5-14(16,17)18)6-15(19,20)21/h7-8H,2-6,9H2,1H3,(H,25,27). The van der Waals surface area contributed by atoms with Crippen molar-refractivity contribution in [1.82, 2.24) is 25.0 Å². The number of hydrogen-bond donors (Lipinski definition) is 1. The highest BCUT2D eigenvalue weighted by molar-refractivity contribution is 7.63. The molecule has 0 bridgehead atoms. The summed E-state index contributed by atoms with van der Waals surface area (Å²) in [4.78, 5) is 28.5. The lowest BCUT2D eigenvalue weighted by Crippen LogP contribution is -2.25. The van der Waals surface area contributed by atoms with Gasteiger partial charge in [0, 0.05) is 6.54 Å². The van der Waals surface area contributed by atoms with Gasteiger partial charge in [-0.3, -0.25) is 9.63 Å². The molecule has 16 heteroatoms. The number of rotatable bonds is 10. The summed E-state index contributed by atoms with van der Waals surface area (Å²) >= 11 is 0. The Morgan fingerprint density at radius 2 is 1.77 bits per heavy atom. The van der Waals surface area contributed by atoms with Crippen molar-refractivity contribution in [2.75, 3.05) is 31.9 Å². The van der Waals surface area contributed by atoms with E-state index >= 15 is 0 Å². The third-order valence-corrected chi connectivity index (χ3v) is 6.19. The Kier molecular flexibility index (Phi) is 8.00. The van der Waals surface area contributed by atoms with Gasteiger partial charge < -0.3 is 13.9 Å². The first-order valence-corrected chi connectivity index (χ1v) is 11.0. The first kappa shape index (κ1) is 25.0. The maximum absolute atomic E-state index is 12.6. The van der Waals surface area contributed by atoms with Crippen LogP contribution in [0.25, 0.3) is 11.2 Å². The zero-order chi connectivity index (χ0) is 23.3. The van der Waals surface area contributed by atoms with Crippen LogP contribution in [0.2, 0.25) is 0 Å². The highest BCUT2D eigenvalue weighted by atomic mass is 31.2. The average Bonchev–Trinajstić information content (AvgIpc) is 3.03. The van der Waals surface area contributed by atoms with Crippen LogP contribution in [0.4, 0.5) is 26.3 Å². The van der Waals surface area contributed by atoms with Crippen LogP contribution in [0.1, 0.15) is 17.4 Å². The summed E-state index contributed by atoms with van der Waals surface area (Å²) in [5, 5.41) is 0. The second kappa shape index (κ2) is 9.92. The topological polar surface area (TPSA) is 108 Å². The summed E-state index contributed by atoms with van der Waals surface area (Å²) in [5.74, 6) is -0.684. The number of fused-ring (bicyclic) bond motifs is 1. The van der Waals surface area contributed by atoms with Gasteiger partial charge in [0.15, 0.2) is 11.3 Å². The fourth-order valence-electron chi connectivity index (χ4n) is 2.59. The summed E-state index contributed by atoms with van der Waals surface area (Å²) in [6, 6.07) is 0. The Morgan fingerprint density at radius 3 is 2.35 bits per heavy atom. The number of alkyl halides is 6. The molecule has 0 atom stereocenters. The van der Waals surface area contributed by atoms with E-state index in [-0.39, 0.29) is 36.6 Å². The molecule has 9 nitrogen and oxygen atoms in total. The maximum Gasteiger partial charge on any atom is 0.395 e. The fourth-order valence-corrected chi connectivity index (χ4v) is 4.65. The van der Waals surface area contributed by atoms with Crippen LogP contribution < -0.4 is 5.48 Å². The Morgan fingerprint density at radius 1 is 1.13 bits per heavy atom. The number of amides is 1. The minimum Gasteiger partial charge on any atom is -0.372 e. The zero-order valence-electron chi connectivity index (χ0n) is 16.0. The van der Waals surface area contributed by atoms with Gasteiger partial charge >= 0.3 is 12.4 Å².